The lowest BCUT2D eigenvalue weighted by Gasteiger charge is -2.25. The Bertz CT molecular complexity index is 1240. The van der Waals surface area contributed by atoms with E-state index in [9.17, 15) is 10.1 Å². The van der Waals surface area contributed by atoms with E-state index < -0.39 is 11.8 Å². The smallest absolute Gasteiger partial charge is 0.255 e. The zero-order valence-corrected chi connectivity index (χ0v) is 18.0. The van der Waals surface area contributed by atoms with E-state index in [0.717, 1.165) is 17.7 Å². The normalized spacial score (nSPS) is 14.7. The second kappa shape index (κ2) is 9.36. The molecule has 0 spiro atoms. The van der Waals surface area contributed by atoms with Crippen LogP contribution in [-0.2, 0) is 4.79 Å². The van der Waals surface area contributed by atoms with Crippen LogP contribution in [0, 0.1) is 11.3 Å². The van der Waals surface area contributed by atoms with E-state index in [-0.39, 0.29) is 23.9 Å². The molecule has 2 aromatic carbocycles. The molecule has 0 saturated carbocycles. The highest BCUT2D eigenvalue weighted by Gasteiger charge is 2.37. The Hall–Kier alpha value is -4.45. The SMILES string of the molecule is CCCOc1ccc(-c2[nH]nc3c2C(c2ccccc2OCC(N)=O)C(C#N)=C(N)O3)cc1. The number of nitrogens with zero attached hydrogens (tertiary/aromatic N) is 2. The van der Waals surface area contributed by atoms with Crippen molar-refractivity contribution in [1.82, 2.24) is 10.2 Å². The summed E-state index contributed by atoms with van der Waals surface area (Å²) >= 11 is 0. The van der Waals surface area contributed by atoms with Crippen LogP contribution < -0.4 is 25.7 Å². The van der Waals surface area contributed by atoms with Crippen molar-refractivity contribution in [3.8, 4) is 34.7 Å². The second-order valence-electron chi connectivity index (χ2n) is 7.41. The summed E-state index contributed by atoms with van der Waals surface area (Å²) in [6.45, 7) is 2.38. The summed E-state index contributed by atoms with van der Waals surface area (Å²) in [6, 6.07) is 16.8. The number of nitrogens with one attached hydrogen (secondary N) is 1. The first kappa shape index (κ1) is 21.8. The Morgan fingerprint density at radius 3 is 2.67 bits per heavy atom. The third kappa shape index (κ3) is 4.32. The summed E-state index contributed by atoms with van der Waals surface area (Å²) in [5.74, 6) is 0.151. The monoisotopic (exact) mass is 445 g/mol. The maximum absolute atomic E-state index is 11.3. The first-order chi connectivity index (χ1) is 16.0. The zero-order valence-electron chi connectivity index (χ0n) is 18.0. The minimum Gasteiger partial charge on any atom is -0.494 e. The fourth-order valence-corrected chi connectivity index (χ4v) is 3.71. The Morgan fingerprint density at radius 2 is 1.97 bits per heavy atom. The first-order valence-corrected chi connectivity index (χ1v) is 10.4. The lowest BCUT2D eigenvalue weighted by Crippen LogP contribution is -2.23. The fourth-order valence-electron chi connectivity index (χ4n) is 3.71. The molecule has 2 heterocycles. The van der Waals surface area contributed by atoms with Crippen LogP contribution in [0.1, 0.15) is 30.4 Å². The highest BCUT2D eigenvalue weighted by molar-refractivity contribution is 5.76. The standard InChI is InChI=1S/C24H23N5O4/c1-2-11-31-15-9-7-14(8-10-15)22-21-20(17(12-25)23(27)33-24(21)29-28-22)16-5-3-4-6-18(16)32-13-19(26)30/h3-10,20H,2,11,13,27H2,1H3,(H2,26,30)(H,28,29). The van der Waals surface area contributed by atoms with Gasteiger partial charge in [-0.1, -0.05) is 25.1 Å². The molecule has 4 rings (SSSR count). The Kier molecular flexibility index (Phi) is 6.17. The van der Waals surface area contributed by atoms with Crippen LogP contribution in [0.15, 0.2) is 60.0 Å². The minimum atomic E-state index is -0.632. The summed E-state index contributed by atoms with van der Waals surface area (Å²) in [4.78, 5) is 11.3. The Labute approximate surface area is 190 Å². The van der Waals surface area contributed by atoms with Crippen LogP contribution in [0.5, 0.6) is 17.4 Å². The number of carbonyl (C=O) groups is 1. The molecule has 1 atom stereocenters. The summed E-state index contributed by atoms with van der Waals surface area (Å²) < 4.78 is 17.0. The number of allylic oxidation sites excluding steroid dienone is 1. The lowest BCUT2D eigenvalue weighted by molar-refractivity contribution is -0.119. The number of aromatic amines is 1. The van der Waals surface area contributed by atoms with Crippen molar-refractivity contribution in [3.63, 3.8) is 0 Å². The van der Waals surface area contributed by atoms with Gasteiger partial charge < -0.3 is 25.7 Å². The minimum absolute atomic E-state index is 0.0407. The van der Waals surface area contributed by atoms with E-state index in [0.29, 0.717) is 29.2 Å². The number of carbonyl (C=O) groups excluding carboxylic acids is 1. The lowest BCUT2D eigenvalue weighted by atomic mass is 9.82. The summed E-state index contributed by atoms with van der Waals surface area (Å²) in [5, 5.41) is 17.2. The molecule has 5 N–H and O–H groups in total. The van der Waals surface area contributed by atoms with Crippen LogP contribution in [0.3, 0.4) is 0 Å². The molecule has 1 aliphatic rings. The average Bonchev–Trinajstić information content (AvgIpc) is 3.24. The third-order valence-corrected chi connectivity index (χ3v) is 5.15. The molecule has 1 aliphatic heterocycles. The van der Waals surface area contributed by atoms with Crippen molar-refractivity contribution in [2.45, 2.75) is 19.3 Å². The van der Waals surface area contributed by atoms with Gasteiger partial charge in [0.05, 0.1) is 23.8 Å². The third-order valence-electron chi connectivity index (χ3n) is 5.15. The molecule has 33 heavy (non-hydrogen) atoms. The van der Waals surface area contributed by atoms with E-state index in [1.165, 1.54) is 0 Å². The number of fused-ring (bicyclic) bond motifs is 1. The molecule has 0 saturated heterocycles. The number of nitrogens with two attached hydrogens (primary N) is 2. The van der Waals surface area contributed by atoms with E-state index >= 15 is 0 Å². The number of benzene rings is 2. The quantitative estimate of drug-likeness (QED) is 0.482. The second-order valence-corrected chi connectivity index (χ2v) is 7.41. The number of rotatable bonds is 8. The van der Waals surface area contributed by atoms with Gasteiger partial charge in [0.25, 0.3) is 5.91 Å². The fraction of sp³-hybridized carbons (Fsp3) is 0.208. The number of amides is 1. The number of aromatic nitrogens is 2. The molecule has 3 aromatic rings. The van der Waals surface area contributed by atoms with Crippen LogP contribution in [0.25, 0.3) is 11.3 Å². The van der Waals surface area contributed by atoms with Crippen molar-refractivity contribution in [1.29, 1.82) is 5.26 Å². The molecular weight excluding hydrogens is 422 g/mol. The van der Waals surface area contributed by atoms with Crippen molar-refractivity contribution < 1.29 is 19.0 Å². The Morgan fingerprint density at radius 1 is 1.21 bits per heavy atom. The number of nitriles is 1. The molecule has 0 fully saturated rings. The molecule has 0 bridgehead atoms. The molecule has 1 amide bonds. The zero-order chi connectivity index (χ0) is 23.4. The van der Waals surface area contributed by atoms with Gasteiger partial charge in [0.15, 0.2) is 6.61 Å². The summed E-state index contributed by atoms with van der Waals surface area (Å²) in [7, 11) is 0. The number of hydrogen-bond acceptors (Lipinski definition) is 7. The van der Waals surface area contributed by atoms with Crippen molar-refractivity contribution in [3.05, 3.63) is 71.1 Å². The van der Waals surface area contributed by atoms with Gasteiger partial charge in [-0.2, -0.15) is 5.26 Å². The summed E-state index contributed by atoms with van der Waals surface area (Å²) in [5.41, 5.74) is 14.3. The predicted molar refractivity (Wildman–Crippen MR) is 120 cm³/mol. The highest BCUT2D eigenvalue weighted by atomic mass is 16.5. The van der Waals surface area contributed by atoms with Gasteiger partial charge >= 0.3 is 0 Å². The van der Waals surface area contributed by atoms with E-state index in [1.54, 1.807) is 18.2 Å². The van der Waals surface area contributed by atoms with Gasteiger partial charge in [-0.15, -0.1) is 5.10 Å². The number of hydrogen-bond donors (Lipinski definition) is 3. The highest BCUT2D eigenvalue weighted by Crippen LogP contribution is 2.47. The maximum atomic E-state index is 11.3. The van der Waals surface area contributed by atoms with Gasteiger partial charge in [0.1, 0.15) is 23.1 Å². The van der Waals surface area contributed by atoms with Crippen LogP contribution >= 0.6 is 0 Å². The van der Waals surface area contributed by atoms with Gasteiger partial charge in [-0.05, 0) is 36.8 Å². The molecule has 0 radical (unpaired) electrons. The summed E-state index contributed by atoms with van der Waals surface area (Å²) in [6.07, 6.45) is 0.913. The predicted octanol–water partition coefficient (Wildman–Crippen LogP) is 2.95. The van der Waals surface area contributed by atoms with Gasteiger partial charge in [-0.3, -0.25) is 9.89 Å². The molecule has 0 aliphatic carbocycles. The van der Waals surface area contributed by atoms with E-state index in [1.807, 2.05) is 37.3 Å². The maximum Gasteiger partial charge on any atom is 0.255 e. The van der Waals surface area contributed by atoms with Gasteiger partial charge in [-0.25, -0.2) is 0 Å². The largest absolute Gasteiger partial charge is 0.494 e. The number of H-pyrrole nitrogens is 1. The molecule has 1 aromatic heterocycles. The van der Waals surface area contributed by atoms with Crippen molar-refractivity contribution in [2.24, 2.45) is 11.5 Å². The van der Waals surface area contributed by atoms with Crippen molar-refractivity contribution >= 4 is 5.91 Å². The molecule has 9 heteroatoms. The molecule has 9 nitrogen and oxygen atoms in total. The van der Waals surface area contributed by atoms with E-state index in [4.69, 9.17) is 25.7 Å². The Balaban J connectivity index is 1.82. The molecule has 1 unspecified atom stereocenters. The van der Waals surface area contributed by atoms with Gasteiger partial charge in [0.2, 0.25) is 11.8 Å². The molecular formula is C24H23N5O4. The average molecular weight is 445 g/mol. The molecule has 168 valence electrons. The first-order valence-electron chi connectivity index (χ1n) is 10.4. The van der Waals surface area contributed by atoms with Crippen LogP contribution in [0.2, 0.25) is 0 Å². The number of para-hydroxylation sites is 1. The van der Waals surface area contributed by atoms with Crippen molar-refractivity contribution in [2.75, 3.05) is 13.2 Å². The van der Waals surface area contributed by atoms with E-state index in [2.05, 4.69) is 16.3 Å². The van der Waals surface area contributed by atoms with Crippen LogP contribution in [-0.4, -0.2) is 29.3 Å². The number of ether oxygens (including phenoxy) is 3. The number of primary amides is 1. The van der Waals surface area contributed by atoms with Gasteiger partial charge in [0, 0.05) is 11.1 Å². The topological polar surface area (TPSA) is 149 Å². The van der Waals surface area contributed by atoms with Crippen LogP contribution in [0.4, 0.5) is 0 Å².